The highest BCUT2D eigenvalue weighted by atomic mass is 28.4. The lowest BCUT2D eigenvalue weighted by atomic mass is 9.94. The monoisotopic (exact) mass is 965 g/mol. The van der Waals surface area contributed by atoms with Crippen molar-refractivity contribution in [1.29, 1.82) is 0 Å². The molecule has 7 nitrogen and oxygen atoms in total. The molecular weight excluding hydrogens is 857 g/mol. The highest BCUT2D eigenvalue weighted by molar-refractivity contribution is 6.75. The first-order chi connectivity index (χ1) is 30.2. The summed E-state index contributed by atoms with van der Waals surface area (Å²) >= 11 is 0. The first-order valence-electron chi connectivity index (χ1n) is 27.4. The van der Waals surface area contributed by atoms with E-state index < -0.39 is 25.0 Å². The van der Waals surface area contributed by atoms with Crippen LogP contribution in [-0.4, -0.2) is 79.8 Å². The van der Waals surface area contributed by atoms with Crippen LogP contribution < -0.4 is 0 Å². The van der Waals surface area contributed by atoms with Crippen LogP contribution >= 0.6 is 0 Å². The van der Waals surface area contributed by atoms with Crippen LogP contribution in [0.4, 0.5) is 0 Å². The van der Waals surface area contributed by atoms with Crippen molar-refractivity contribution in [2.45, 2.75) is 333 Å². The van der Waals surface area contributed by atoms with Crippen LogP contribution in [0.5, 0.6) is 0 Å². The minimum Gasteiger partial charge on any atom is -0.455 e. The van der Waals surface area contributed by atoms with Crippen LogP contribution in [0.3, 0.4) is 0 Å². The molecule has 10 heteroatoms. The van der Waals surface area contributed by atoms with Gasteiger partial charge in [0.15, 0.2) is 25.0 Å². The molecule has 65 heavy (non-hydrogen) atoms. The molecule has 0 aromatic heterocycles. The van der Waals surface area contributed by atoms with Crippen LogP contribution in [0.15, 0.2) is 11.6 Å². The van der Waals surface area contributed by atoms with Gasteiger partial charge in [-0.3, -0.25) is 0 Å². The number of esters is 1. The van der Waals surface area contributed by atoms with Crippen LogP contribution in [0.2, 0.25) is 54.4 Å². The van der Waals surface area contributed by atoms with Gasteiger partial charge in [-0.15, -0.1) is 0 Å². The Morgan fingerprint density at radius 3 is 1.38 bits per heavy atom. The number of hydrogen-bond donors (Lipinski definition) is 0. The summed E-state index contributed by atoms with van der Waals surface area (Å²) in [5, 5.41) is 0.434. The van der Waals surface area contributed by atoms with Gasteiger partial charge in [0, 0.05) is 18.1 Å². The molecule has 8 atom stereocenters. The number of carbonyl (C=O) groups is 1. The molecule has 382 valence electrons. The predicted octanol–water partition coefficient (Wildman–Crippen LogP) is 16.9. The van der Waals surface area contributed by atoms with E-state index in [0.29, 0.717) is 6.42 Å². The number of rotatable bonds is 30. The normalized spacial score (nSPS) is 24.3. The van der Waals surface area contributed by atoms with Gasteiger partial charge in [-0.2, -0.15) is 0 Å². The summed E-state index contributed by atoms with van der Waals surface area (Å²) in [5.41, 5.74) is 0.792. The highest BCUT2D eigenvalue weighted by Crippen LogP contribution is 2.43. The first-order valence-corrected chi connectivity index (χ1v) is 36.2. The fourth-order valence-electron chi connectivity index (χ4n) is 9.32. The molecule has 0 N–H and O–H groups in total. The molecule has 0 aliphatic carbocycles. The van der Waals surface area contributed by atoms with Gasteiger partial charge in [0.2, 0.25) is 0 Å². The number of ether oxygens (including phenoxy) is 3. The van der Waals surface area contributed by atoms with Crippen LogP contribution in [0.25, 0.3) is 0 Å². The summed E-state index contributed by atoms with van der Waals surface area (Å²) in [6.07, 6.45) is 31.4. The zero-order valence-corrected chi connectivity index (χ0v) is 49.0. The molecule has 0 aromatic rings. The number of cyclic esters (lactones) is 1. The Kier molecular flexibility index (Phi) is 24.3. The van der Waals surface area contributed by atoms with E-state index in [-0.39, 0.29) is 69.9 Å². The Morgan fingerprint density at radius 1 is 0.554 bits per heavy atom. The summed E-state index contributed by atoms with van der Waals surface area (Å²) in [4.78, 5) is 12.6. The topological polar surface area (TPSA) is 72.5 Å². The van der Waals surface area contributed by atoms with E-state index in [4.69, 9.17) is 27.5 Å². The SMILES string of the molecule is CCCCCCCCCCCC[C@@H](O[Si](C)(C)C(C)(C)C)[C@H]1CC[C@H]([C@H]2CCC[C@@H]([C@H](CCCCCCC[C@H](CC3=C[C@H](C)OC3=O)O[Si](C)(C)C(C)(C)C)O[Si](C)(C)C(C)(C)C)O2)O1. The Hall–Kier alpha value is -0.339. The molecule has 3 aliphatic heterocycles. The Morgan fingerprint density at radius 2 is 0.954 bits per heavy atom. The second-order valence-corrected chi connectivity index (χ2v) is 39.9. The van der Waals surface area contributed by atoms with Crippen molar-refractivity contribution in [3.8, 4) is 0 Å². The maximum Gasteiger partial charge on any atom is 0.334 e. The fraction of sp³-hybridized carbons (Fsp3) is 0.945. The third-order valence-corrected chi connectivity index (χ3v) is 30.3. The molecule has 2 fully saturated rings. The van der Waals surface area contributed by atoms with Gasteiger partial charge in [-0.25, -0.2) is 4.79 Å². The molecule has 2 saturated heterocycles. The molecule has 0 amide bonds. The van der Waals surface area contributed by atoms with Crippen LogP contribution in [0.1, 0.15) is 230 Å². The average molecular weight is 966 g/mol. The second-order valence-electron chi connectivity index (χ2n) is 25.6. The second kappa shape index (κ2) is 26.8. The zero-order chi connectivity index (χ0) is 48.7. The Balaban J connectivity index is 1.59. The van der Waals surface area contributed by atoms with Gasteiger partial charge in [-0.1, -0.05) is 166 Å². The third-order valence-electron chi connectivity index (χ3n) is 16.7. The smallest absolute Gasteiger partial charge is 0.334 e. The molecule has 3 rings (SSSR count). The standard InChI is InChI=1S/C55H108O7Si3/c1-18-19-20-21-22-23-24-25-28-31-36-51(62-65(16,17)55(9,10)11)49-40-39-48(59-49)46-37-33-38-47(58-46)50(61-64(14,15)54(6,7)8)35-32-29-26-27-30-34-45(60-63(12,13)53(3,4)5)42-44-41-43(2)57-52(44)56/h41,43,45-51H,18-40,42H2,1-17H3/t43-,45+,46+,47-,48+,49+,50-,51+/m0/s1. The van der Waals surface area contributed by atoms with E-state index in [1.807, 2.05) is 13.0 Å². The molecule has 0 unspecified atom stereocenters. The Labute approximate surface area is 406 Å². The molecule has 0 spiro atoms. The summed E-state index contributed by atoms with van der Waals surface area (Å²) < 4.78 is 41.2. The van der Waals surface area contributed by atoms with Crippen molar-refractivity contribution >= 4 is 30.9 Å². The lowest BCUT2D eigenvalue weighted by Crippen LogP contribution is -2.50. The number of unbranched alkanes of at least 4 members (excludes halogenated alkanes) is 13. The summed E-state index contributed by atoms with van der Waals surface area (Å²) in [7, 11) is -5.97. The highest BCUT2D eigenvalue weighted by Gasteiger charge is 2.46. The van der Waals surface area contributed by atoms with Crippen LogP contribution in [-0.2, 0) is 32.3 Å². The third kappa shape index (κ3) is 19.8. The largest absolute Gasteiger partial charge is 0.455 e. The van der Waals surface area contributed by atoms with Gasteiger partial charge >= 0.3 is 5.97 Å². The van der Waals surface area contributed by atoms with Gasteiger partial charge < -0.3 is 27.5 Å². The van der Waals surface area contributed by atoms with Gasteiger partial charge in [0.1, 0.15) is 6.10 Å². The molecule has 0 bridgehead atoms. The lowest BCUT2D eigenvalue weighted by Gasteiger charge is -2.44. The van der Waals surface area contributed by atoms with Crippen molar-refractivity contribution in [2.24, 2.45) is 0 Å². The fourth-order valence-corrected chi connectivity index (χ4v) is 13.5. The Bertz CT molecular complexity index is 1390. The van der Waals surface area contributed by atoms with Crippen LogP contribution in [0, 0.1) is 0 Å². The van der Waals surface area contributed by atoms with E-state index in [9.17, 15) is 4.79 Å². The minimum atomic E-state index is -2.02. The average Bonchev–Trinajstić information content (AvgIpc) is 3.81. The van der Waals surface area contributed by atoms with Crippen molar-refractivity contribution in [3.63, 3.8) is 0 Å². The van der Waals surface area contributed by atoms with E-state index >= 15 is 0 Å². The van der Waals surface area contributed by atoms with Gasteiger partial charge in [0.05, 0.1) is 36.6 Å². The van der Waals surface area contributed by atoms with E-state index in [1.54, 1.807) is 0 Å². The van der Waals surface area contributed by atoms with E-state index in [0.717, 1.165) is 63.4 Å². The molecule has 3 heterocycles. The lowest BCUT2D eigenvalue weighted by molar-refractivity contribution is -0.156. The van der Waals surface area contributed by atoms with Gasteiger partial charge in [0.25, 0.3) is 0 Å². The summed E-state index contributed by atoms with van der Waals surface area (Å²) in [6, 6.07) is 0. The molecule has 0 radical (unpaired) electrons. The number of hydrogen-bond acceptors (Lipinski definition) is 7. The number of carbonyl (C=O) groups excluding carboxylic acids is 1. The summed E-state index contributed by atoms with van der Waals surface area (Å²) in [6.45, 7) is 39.6. The maximum atomic E-state index is 12.6. The maximum absolute atomic E-state index is 12.6. The molecule has 0 saturated carbocycles. The zero-order valence-electron chi connectivity index (χ0n) is 46.0. The van der Waals surface area contributed by atoms with Gasteiger partial charge in [-0.05, 0) is 119 Å². The molecular formula is C55H108O7Si3. The van der Waals surface area contributed by atoms with E-state index in [1.165, 1.54) is 89.9 Å². The van der Waals surface area contributed by atoms with Crippen molar-refractivity contribution in [1.82, 2.24) is 0 Å². The quantitative estimate of drug-likeness (QED) is 0.0403. The molecule has 3 aliphatic rings. The molecule has 0 aromatic carbocycles. The minimum absolute atomic E-state index is 0.0537. The summed E-state index contributed by atoms with van der Waals surface area (Å²) in [5.74, 6) is -0.167. The van der Waals surface area contributed by atoms with Crippen molar-refractivity contribution < 1.29 is 32.3 Å². The van der Waals surface area contributed by atoms with E-state index in [2.05, 4.69) is 109 Å². The van der Waals surface area contributed by atoms with Crippen molar-refractivity contribution in [2.75, 3.05) is 0 Å². The van der Waals surface area contributed by atoms with Crippen molar-refractivity contribution in [3.05, 3.63) is 11.6 Å². The first kappa shape index (κ1) is 59.0. The predicted molar refractivity (Wildman–Crippen MR) is 284 cm³/mol.